The smallest absolute Gasteiger partial charge is 0.312 e. The summed E-state index contributed by atoms with van der Waals surface area (Å²) in [5, 5.41) is 2.69. The van der Waals surface area contributed by atoms with E-state index in [0.29, 0.717) is 18.8 Å². The van der Waals surface area contributed by atoms with Crippen molar-refractivity contribution in [3.05, 3.63) is 66.2 Å². The van der Waals surface area contributed by atoms with Crippen LogP contribution in [-0.4, -0.2) is 35.3 Å². The van der Waals surface area contributed by atoms with Crippen molar-refractivity contribution in [2.24, 2.45) is 5.92 Å². The highest BCUT2D eigenvalue weighted by Gasteiger charge is 2.36. The lowest BCUT2D eigenvalue weighted by atomic mass is 10.1. The fourth-order valence-electron chi connectivity index (χ4n) is 2.98. The van der Waals surface area contributed by atoms with Crippen LogP contribution in [0.1, 0.15) is 18.9 Å². The number of anilines is 1. The largest absolute Gasteiger partial charge is 0.452 e. The molecule has 0 radical (unpaired) electrons. The molecule has 0 bridgehead atoms. The lowest BCUT2D eigenvalue weighted by Gasteiger charge is -2.18. The fraction of sp³-hybridized carbons (Fsp3) is 0.286. The molecule has 1 heterocycles. The van der Waals surface area contributed by atoms with Crippen LogP contribution < -0.4 is 5.32 Å². The van der Waals surface area contributed by atoms with Crippen molar-refractivity contribution >= 4 is 23.5 Å². The summed E-state index contributed by atoms with van der Waals surface area (Å²) in [6, 6.07) is 18.6. The van der Waals surface area contributed by atoms with Gasteiger partial charge in [0.05, 0.1) is 5.92 Å². The van der Waals surface area contributed by atoms with Crippen molar-refractivity contribution in [3.63, 3.8) is 0 Å². The summed E-state index contributed by atoms with van der Waals surface area (Å²) in [4.78, 5) is 38.4. The number of ether oxygens (including phenoxy) is 1. The Hall–Kier alpha value is -3.15. The summed E-state index contributed by atoms with van der Waals surface area (Å²) in [6.45, 7) is 2.29. The quantitative estimate of drug-likeness (QED) is 0.798. The maximum absolute atomic E-state index is 12.4. The van der Waals surface area contributed by atoms with E-state index in [1.54, 1.807) is 29.2 Å². The van der Waals surface area contributed by atoms with Crippen molar-refractivity contribution < 1.29 is 19.1 Å². The van der Waals surface area contributed by atoms with E-state index < -0.39 is 23.9 Å². The molecule has 27 heavy (non-hydrogen) atoms. The first kappa shape index (κ1) is 18.6. The molecule has 3 rings (SSSR count). The highest BCUT2D eigenvalue weighted by molar-refractivity contribution is 5.95. The third-order valence-corrected chi connectivity index (χ3v) is 4.47. The van der Waals surface area contributed by atoms with Gasteiger partial charge in [0.25, 0.3) is 5.91 Å². The van der Waals surface area contributed by atoms with Crippen LogP contribution in [0.3, 0.4) is 0 Å². The molecule has 1 N–H and O–H groups in total. The van der Waals surface area contributed by atoms with Crippen LogP contribution >= 0.6 is 0 Å². The van der Waals surface area contributed by atoms with Crippen LogP contribution in [0.2, 0.25) is 0 Å². The second-order valence-corrected chi connectivity index (χ2v) is 6.60. The molecule has 2 amide bonds. The average molecular weight is 366 g/mol. The summed E-state index contributed by atoms with van der Waals surface area (Å²) < 4.78 is 5.29. The number of likely N-dealkylation sites (tertiary alicyclic amines) is 1. The van der Waals surface area contributed by atoms with Crippen molar-refractivity contribution in [3.8, 4) is 0 Å². The van der Waals surface area contributed by atoms with Gasteiger partial charge in [-0.15, -0.1) is 0 Å². The first-order chi connectivity index (χ1) is 13.0. The van der Waals surface area contributed by atoms with Gasteiger partial charge in [0.15, 0.2) is 6.10 Å². The Morgan fingerprint density at radius 2 is 1.74 bits per heavy atom. The van der Waals surface area contributed by atoms with Gasteiger partial charge in [-0.3, -0.25) is 14.4 Å². The zero-order chi connectivity index (χ0) is 19.2. The van der Waals surface area contributed by atoms with Gasteiger partial charge in [0.2, 0.25) is 5.91 Å². The van der Waals surface area contributed by atoms with Gasteiger partial charge < -0.3 is 15.0 Å². The van der Waals surface area contributed by atoms with E-state index in [1.165, 1.54) is 6.92 Å². The van der Waals surface area contributed by atoms with Gasteiger partial charge in [-0.05, 0) is 24.6 Å². The number of carbonyl (C=O) groups is 3. The van der Waals surface area contributed by atoms with Crippen LogP contribution in [0.5, 0.6) is 0 Å². The Morgan fingerprint density at radius 3 is 2.41 bits per heavy atom. The number of benzene rings is 2. The average Bonchev–Trinajstić information content (AvgIpc) is 3.04. The zero-order valence-electron chi connectivity index (χ0n) is 15.1. The molecule has 1 aliphatic rings. The number of para-hydroxylation sites is 1. The summed E-state index contributed by atoms with van der Waals surface area (Å²) in [6.07, 6.45) is -0.824. The molecule has 1 aliphatic heterocycles. The van der Waals surface area contributed by atoms with Crippen LogP contribution in [0.25, 0.3) is 0 Å². The SMILES string of the molecule is C[C@H](OC(=O)[C@@H]1CC(=O)N(Cc2ccccc2)C1)C(=O)Nc1ccccc1. The molecule has 140 valence electrons. The van der Waals surface area contributed by atoms with Crippen LogP contribution in [0.15, 0.2) is 60.7 Å². The molecule has 2 atom stereocenters. The molecule has 1 saturated heterocycles. The van der Waals surface area contributed by atoms with Crippen molar-refractivity contribution in [1.82, 2.24) is 4.90 Å². The van der Waals surface area contributed by atoms with E-state index in [-0.39, 0.29) is 12.3 Å². The van der Waals surface area contributed by atoms with Crippen LogP contribution in [0, 0.1) is 5.92 Å². The van der Waals surface area contributed by atoms with Crippen LogP contribution in [0.4, 0.5) is 5.69 Å². The van der Waals surface area contributed by atoms with Gasteiger partial charge in [0.1, 0.15) is 0 Å². The minimum absolute atomic E-state index is 0.0813. The van der Waals surface area contributed by atoms with E-state index in [9.17, 15) is 14.4 Å². The maximum atomic E-state index is 12.4. The lowest BCUT2D eigenvalue weighted by molar-refractivity contribution is -0.157. The van der Waals surface area contributed by atoms with Crippen molar-refractivity contribution in [2.45, 2.75) is 26.0 Å². The predicted molar refractivity (Wildman–Crippen MR) is 101 cm³/mol. The predicted octanol–water partition coefficient (Wildman–Crippen LogP) is 2.61. The van der Waals surface area contributed by atoms with Crippen LogP contribution in [-0.2, 0) is 25.7 Å². The van der Waals surface area contributed by atoms with Gasteiger partial charge in [-0.25, -0.2) is 0 Å². The van der Waals surface area contributed by atoms with Gasteiger partial charge in [-0.1, -0.05) is 48.5 Å². The number of carbonyl (C=O) groups excluding carboxylic acids is 3. The Morgan fingerprint density at radius 1 is 1.11 bits per heavy atom. The van der Waals surface area contributed by atoms with E-state index >= 15 is 0 Å². The Labute approximate surface area is 158 Å². The Bertz CT molecular complexity index is 807. The summed E-state index contributed by atoms with van der Waals surface area (Å²) in [7, 11) is 0. The third-order valence-electron chi connectivity index (χ3n) is 4.47. The Balaban J connectivity index is 1.52. The van der Waals surface area contributed by atoms with Crippen molar-refractivity contribution in [2.75, 3.05) is 11.9 Å². The molecule has 6 nitrogen and oxygen atoms in total. The molecule has 6 heteroatoms. The number of amides is 2. The van der Waals surface area contributed by atoms with Gasteiger partial charge in [0, 0.05) is 25.2 Å². The first-order valence-corrected chi connectivity index (χ1v) is 8.91. The molecule has 0 unspecified atom stereocenters. The monoisotopic (exact) mass is 366 g/mol. The number of hydrogen-bond donors (Lipinski definition) is 1. The maximum Gasteiger partial charge on any atom is 0.312 e. The number of nitrogens with one attached hydrogen (secondary N) is 1. The molecular weight excluding hydrogens is 344 g/mol. The lowest BCUT2D eigenvalue weighted by Crippen LogP contribution is -2.33. The summed E-state index contributed by atoms with van der Waals surface area (Å²) in [5.74, 6) is -1.55. The topological polar surface area (TPSA) is 75.7 Å². The van der Waals surface area contributed by atoms with E-state index in [1.807, 2.05) is 36.4 Å². The van der Waals surface area contributed by atoms with Crippen molar-refractivity contribution in [1.29, 1.82) is 0 Å². The fourth-order valence-corrected chi connectivity index (χ4v) is 2.98. The number of esters is 1. The first-order valence-electron chi connectivity index (χ1n) is 8.91. The highest BCUT2D eigenvalue weighted by atomic mass is 16.5. The highest BCUT2D eigenvalue weighted by Crippen LogP contribution is 2.22. The minimum Gasteiger partial charge on any atom is -0.452 e. The van der Waals surface area contributed by atoms with E-state index in [0.717, 1.165) is 5.56 Å². The molecular formula is C21H22N2O4. The number of nitrogens with zero attached hydrogens (tertiary/aromatic N) is 1. The molecule has 0 spiro atoms. The second kappa shape index (κ2) is 8.49. The van der Waals surface area contributed by atoms with Gasteiger partial charge >= 0.3 is 5.97 Å². The molecule has 0 saturated carbocycles. The number of rotatable bonds is 6. The normalized spacial score (nSPS) is 17.4. The summed E-state index contributed by atoms with van der Waals surface area (Å²) >= 11 is 0. The molecule has 0 aliphatic carbocycles. The molecule has 2 aromatic carbocycles. The molecule has 1 fully saturated rings. The zero-order valence-corrected chi connectivity index (χ0v) is 15.1. The second-order valence-electron chi connectivity index (χ2n) is 6.60. The van der Waals surface area contributed by atoms with E-state index in [2.05, 4.69) is 5.32 Å². The third kappa shape index (κ3) is 4.94. The minimum atomic E-state index is -0.934. The Kier molecular flexibility index (Phi) is 5.86. The summed E-state index contributed by atoms with van der Waals surface area (Å²) in [5.41, 5.74) is 1.64. The van der Waals surface area contributed by atoms with E-state index in [4.69, 9.17) is 4.74 Å². The standard InChI is InChI=1S/C21H22N2O4/c1-15(20(25)22-18-10-6-3-7-11-18)27-21(26)17-12-19(24)23(14-17)13-16-8-4-2-5-9-16/h2-11,15,17H,12-14H2,1H3,(H,22,25)/t15-,17+/m0/s1. The number of hydrogen-bond acceptors (Lipinski definition) is 4. The van der Waals surface area contributed by atoms with Gasteiger partial charge in [-0.2, -0.15) is 0 Å². The molecule has 0 aromatic heterocycles. The molecule has 2 aromatic rings.